The van der Waals surface area contributed by atoms with Crippen LogP contribution in [0, 0.1) is 27.7 Å². The Hall–Kier alpha value is -3.62. The first kappa shape index (κ1) is 20.1. The monoisotopic (exact) mass is 397 g/mol. The summed E-state index contributed by atoms with van der Waals surface area (Å²) in [5, 5.41) is 8.10. The number of nitrogens with zero attached hydrogens (tertiary/aromatic N) is 3. The van der Waals surface area contributed by atoms with Gasteiger partial charge in [0, 0.05) is 11.3 Å². The SMILES string of the molecule is Cc1cc(C)n(CC(=O)NNC(=O)c2cccc(OCc3c(C)noc3C)c2)n1. The molecule has 29 heavy (non-hydrogen) atoms. The highest BCUT2D eigenvalue weighted by molar-refractivity contribution is 5.95. The number of hydrazine groups is 1. The van der Waals surface area contributed by atoms with Crippen LogP contribution < -0.4 is 15.6 Å². The summed E-state index contributed by atoms with van der Waals surface area (Å²) in [6.07, 6.45) is 0. The fourth-order valence-electron chi connectivity index (χ4n) is 2.80. The Morgan fingerprint density at radius 1 is 1.14 bits per heavy atom. The second-order valence-electron chi connectivity index (χ2n) is 6.71. The van der Waals surface area contributed by atoms with Crippen LogP contribution in [0.2, 0.25) is 0 Å². The molecule has 0 saturated carbocycles. The summed E-state index contributed by atoms with van der Waals surface area (Å²) in [5.74, 6) is 0.387. The van der Waals surface area contributed by atoms with Gasteiger partial charge in [-0.3, -0.25) is 25.1 Å². The largest absolute Gasteiger partial charge is 0.489 e. The molecule has 0 saturated heterocycles. The Labute approximate surface area is 168 Å². The third-order valence-corrected chi connectivity index (χ3v) is 4.37. The molecule has 0 spiro atoms. The average Bonchev–Trinajstić information content (AvgIpc) is 3.18. The van der Waals surface area contributed by atoms with Crippen LogP contribution in [0.3, 0.4) is 0 Å². The molecule has 0 bridgehead atoms. The van der Waals surface area contributed by atoms with E-state index in [1.807, 2.05) is 33.8 Å². The Balaban J connectivity index is 1.55. The zero-order valence-electron chi connectivity index (χ0n) is 16.8. The molecule has 2 aromatic heterocycles. The van der Waals surface area contributed by atoms with Crippen molar-refractivity contribution in [1.29, 1.82) is 0 Å². The first-order valence-electron chi connectivity index (χ1n) is 9.08. The van der Waals surface area contributed by atoms with E-state index >= 15 is 0 Å². The van der Waals surface area contributed by atoms with Crippen molar-refractivity contribution >= 4 is 11.8 Å². The third kappa shape index (κ3) is 5.01. The van der Waals surface area contributed by atoms with Crippen molar-refractivity contribution in [2.45, 2.75) is 40.8 Å². The molecule has 3 aromatic rings. The van der Waals surface area contributed by atoms with Gasteiger partial charge in [0.2, 0.25) is 0 Å². The topological polar surface area (TPSA) is 111 Å². The molecule has 9 heteroatoms. The van der Waals surface area contributed by atoms with Crippen molar-refractivity contribution in [2.75, 3.05) is 0 Å². The van der Waals surface area contributed by atoms with E-state index in [0.29, 0.717) is 17.1 Å². The van der Waals surface area contributed by atoms with Crippen molar-refractivity contribution in [3.8, 4) is 5.75 Å². The molecule has 1 aromatic carbocycles. The number of amides is 2. The van der Waals surface area contributed by atoms with Gasteiger partial charge in [-0.25, -0.2) is 0 Å². The van der Waals surface area contributed by atoms with Gasteiger partial charge in [-0.2, -0.15) is 5.10 Å². The van der Waals surface area contributed by atoms with E-state index in [9.17, 15) is 9.59 Å². The molecule has 0 fully saturated rings. The molecule has 2 amide bonds. The summed E-state index contributed by atoms with van der Waals surface area (Å²) >= 11 is 0. The van der Waals surface area contributed by atoms with Gasteiger partial charge in [-0.05, 0) is 52.0 Å². The molecule has 0 unspecified atom stereocenters. The minimum absolute atomic E-state index is 0.0144. The lowest BCUT2D eigenvalue weighted by atomic mass is 10.2. The van der Waals surface area contributed by atoms with Crippen LogP contribution >= 0.6 is 0 Å². The average molecular weight is 397 g/mol. The van der Waals surface area contributed by atoms with E-state index in [4.69, 9.17) is 9.26 Å². The van der Waals surface area contributed by atoms with Crippen molar-refractivity contribution in [3.63, 3.8) is 0 Å². The second-order valence-corrected chi connectivity index (χ2v) is 6.71. The normalized spacial score (nSPS) is 10.6. The van der Waals surface area contributed by atoms with Crippen molar-refractivity contribution in [2.24, 2.45) is 0 Å². The molecule has 0 aliphatic heterocycles. The number of hydrogen-bond donors (Lipinski definition) is 2. The van der Waals surface area contributed by atoms with Gasteiger partial charge in [0.25, 0.3) is 11.8 Å². The van der Waals surface area contributed by atoms with Crippen LogP contribution in [0.25, 0.3) is 0 Å². The smallest absolute Gasteiger partial charge is 0.269 e. The minimum Gasteiger partial charge on any atom is -0.489 e. The maximum atomic E-state index is 12.3. The Morgan fingerprint density at radius 2 is 1.93 bits per heavy atom. The summed E-state index contributed by atoms with van der Waals surface area (Å²) in [6.45, 7) is 7.67. The molecule has 3 rings (SSSR count). The number of nitrogens with one attached hydrogen (secondary N) is 2. The molecule has 0 radical (unpaired) electrons. The zero-order valence-corrected chi connectivity index (χ0v) is 16.8. The molecule has 2 N–H and O–H groups in total. The first-order chi connectivity index (χ1) is 13.8. The number of aromatic nitrogens is 3. The summed E-state index contributed by atoms with van der Waals surface area (Å²) in [5.41, 5.74) is 8.48. The van der Waals surface area contributed by atoms with Gasteiger partial charge in [-0.15, -0.1) is 0 Å². The highest BCUT2D eigenvalue weighted by atomic mass is 16.5. The predicted molar refractivity (Wildman–Crippen MR) is 104 cm³/mol. The summed E-state index contributed by atoms with van der Waals surface area (Å²) in [6, 6.07) is 8.55. The van der Waals surface area contributed by atoms with Crippen LogP contribution in [0.4, 0.5) is 0 Å². The van der Waals surface area contributed by atoms with Crippen LogP contribution in [-0.4, -0.2) is 26.8 Å². The van der Waals surface area contributed by atoms with Gasteiger partial charge >= 0.3 is 0 Å². The first-order valence-corrected chi connectivity index (χ1v) is 9.08. The highest BCUT2D eigenvalue weighted by Gasteiger charge is 2.12. The molecule has 0 aliphatic rings. The standard InChI is InChI=1S/C20H23N5O4/c1-12-8-13(2)25(23-12)10-19(26)21-22-20(27)16-6-5-7-17(9-16)28-11-18-14(3)24-29-15(18)4/h5-9H,10-11H2,1-4H3,(H,21,26)(H,22,27). The summed E-state index contributed by atoms with van der Waals surface area (Å²) in [7, 11) is 0. The van der Waals surface area contributed by atoms with Crippen LogP contribution in [0.5, 0.6) is 5.75 Å². The van der Waals surface area contributed by atoms with Crippen LogP contribution in [0.1, 0.15) is 38.8 Å². The zero-order chi connectivity index (χ0) is 21.0. The molecule has 2 heterocycles. The van der Waals surface area contributed by atoms with E-state index in [1.54, 1.807) is 28.9 Å². The lowest BCUT2D eigenvalue weighted by Crippen LogP contribution is -2.43. The highest BCUT2D eigenvalue weighted by Crippen LogP contribution is 2.18. The maximum absolute atomic E-state index is 12.3. The Kier molecular flexibility index (Phi) is 5.96. The van der Waals surface area contributed by atoms with Gasteiger partial charge in [0.15, 0.2) is 0 Å². The Morgan fingerprint density at radius 3 is 2.59 bits per heavy atom. The summed E-state index contributed by atoms with van der Waals surface area (Å²) in [4.78, 5) is 24.4. The van der Waals surface area contributed by atoms with Crippen molar-refractivity contribution in [3.05, 3.63) is 64.3 Å². The van der Waals surface area contributed by atoms with Crippen LogP contribution in [0.15, 0.2) is 34.9 Å². The van der Waals surface area contributed by atoms with E-state index in [1.165, 1.54) is 0 Å². The number of ether oxygens (including phenoxy) is 1. The van der Waals surface area contributed by atoms with E-state index in [2.05, 4.69) is 21.1 Å². The maximum Gasteiger partial charge on any atom is 0.269 e. The van der Waals surface area contributed by atoms with Gasteiger partial charge in [0.1, 0.15) is 24.7 Å². The summed E-state index contributed by atoms with van der Waals surface area (Å²) < 4.78 is 12.4. The molecular formula is C20H23N5O4. The number of carbonyl (C=O) groups is 2. The van der Waals surface area contributed by atoms with Crippen molar-refractivity contribution < 1.29 is 18.8 Å². The predicted octanol–water partition coefficient (Wildman–Crippen LogP) is 2.14. The number of carbonyl (C=O) groups excluding carboxylic acids is 2. The third-order valence-electron chi connectivity index (χ3n) is 4.37. The molecular weight excluding hydrogens is 374 g/mol. The number of rotatable bonds is 6. The minimum atomic E-state index is -0.450. The quantitative estimate of drug-likeness (QED) is 0.617. The van der Waals surface area contributed by atoms with Gasteiger partial charge in [-0.1, -0.05) is 11.2 Å². The Bertz CT molecular complexity index is 1020. The lowest BCUT2D eigenvalue weighted by Gasteiger charge is -2.10. The lowest BCUT2D eigenvalue weighted by molar-refractivity contribution is -0.122. The number of benzene rings is 1. The van der Waals surface area contributed by atoms with Gasteiger partial charge in [0.05, 0.1) is 17.0 Å². The van der Waals surface area contributed by atoms with Gasteiger partial charge < -0.3 is 9.26 Å². The molecule has 0 aliphatic carbocycles. The van der Waals surface area contributed by atoms with E-state index in [-0.39, 0.29) is 19.1 Å². The second kappa shape index (κ2) is 8.59. The fourth-order valence-corrected chi connectivity index (χ4v) is 2.80. The van der Waals surface area contributed by atoms with Crippen LogP contribution in [-0.2, 0) is 17.9 Å². The number of aryl methyl sites for hydroxylation is 4. The van der Waals surface area contributed by atoms with E-state index < -0.39 is 5.91 Å². The fraction of sp³-hybridized carbons (Fsp3) is 0.300. The molecule has 152 valence electrons. The van der Waals surface area contributed by atoms with E-state index in [0.717, 1.165) is 22.6 Å². The number of hydrogen-bond acceptors (Lipinski definition) is 6. The molecule has 0 atom stereocenters. The molecule has 9 nitrogen and oxygen atoms in total. The van der Waals surface area contributed by atoms with Crippen molar-refractivity contribution in [1.82, 2.24) is 25.8 Å².